The summed E-state index contributed by atoms with van der Waals surface area (Å²) in [4.78, 5) is 13.6. The first kappa shape index (κ1) is 4.89. The fraction of sp³-hybridized carbons (Fsp3) is 0.333. The van der Waals surface area contributed by atoms with Crippen LogP contribution in [0.25, 0.3) is 0 Å². The van der Waals surface area contributed by atoms with Crippen LogP contribution >= 0.6 is 0 Å². The predicted octanol–water partition coefficient (Wildman–Crippen LogP) is -2.28. The number of nitrogens with zero attached hydrogens (tertiary/aromatic N) is 1. The van der Waals surface area contributed by atoms with Gasteiger partial charge in [0.25, 0.3) is 5.91 Å². The molecule has 0 aliphatic carbocycles. The Morgan fingerprint density at radius 3 is 2.38 bits per heavy atom. The highest BCUT2D eigenvalue weighted by molar-refractivity contribution is 5.98. The molecule has 0 aromatic heterocycles. The highest BCUT2D eigenvalue weighted by Gasteiger charge is 2.32. The Labute approximate surface area is 45.7 Å². The van der Waals surface area contributed by atoms with Crippen LogP contribution in [0.4, 0.5) is 0 Å². The Balaban J connectivity index is 2.43. The lowest BCUT2D eigenvalue weighted by atomic mass is 10.7. The Morgan fingerprint density at radius 2 is 2.25 bits per heavy atom. The van der Waals surface area contributed by atoms with Crippen molar-refractivity contribution in [1.29, 1.82) is 0 Å². The summed E-state index contributed by atoms with van der Waals surface area (Å²) >= 11 is 0. The van der Waals surface area contributed by atoms with E-state index in [1.54, 1.807) is 0 Å². The Bertz CT molecular complexity index is 147. The number of amides is 1. The zero-order valence-corrected chi connectivity index (χ0v) is 4.09. The van der Waals surface area contributed by atoms with Gasteiger partial charge in [0.1, 0.15) is 0 Å². The van der Waals surface area contributed by atoms with E-state index in [-0.39, 0.29) is 11.9 Å². The van der Waals surface area contributed by atoms with Gasteiger partial charge in [0.15, 0.2) is 5.96 Å². The number of nitrogens with one attached hydrogen (secondary N) is 1. The zero-order chi connectivity index (χ0) is 6.15. The lowest BCUT2D eigenvalue weighted by molar-refractivity contribution is -0.110. The van der Waals surface area contributed by atoms with Crippen molar-refractivity contribution in [3.05, 3.63) is 0 Å². The third-order valence-corrected chi connectivity index (χ3v) is 0.722. The molecule has 1 atom stereocenters. The molecular formula is C3H6N4O. The Morgan fingerprint density at radius 1 is 1.75 bits per heavy atom. The Hall–Kier alpha value is -1.26. The van der Waals surface area contributed by atoms with E-state index < -0.39 is 6.17 Å². The maximum atomic E-state index is 10.1. The van der Waals surface area contributed by atoms with Gasteiger partial charge in [0.2, 0.25) is 6.17 Å². The summed E-state index contributed by atoms with van der Waals surface area (Å²) in [6, 6.07) is 0. The van der Waals surface area contributed by atoms with Crippen molar-refractivity contribution in [3.8, 4) is 0 Å². The summed E-state index contributed by atoms with van der Waals surface area (Å²) in [6.45, 7) is 0. The first-order valence-electron chi connectivity index (χ1n) is 2.09. The highest BCUT2D eigenvalue weighted by atomic mass is 16.2. The highest BCUT2D eigenvalue weighted by Crippen LogP contribution is 1.98. The van der Waals surface area contributed by atoms with Crippen molar-refractivity contribution in [3.63, 3.8) is 0 Å². The van der Waals surface area contributed by atoms with Crippen LogP contribution in [0.5, 0.6) is 0 Å². The lowest BCUT2D eigenvalue weighted by Gasteiger charge is -1.82. The molecule has 1 saturated heterocycles. The van der Waals surface area contributed by atoms with Gasteiger partial charge in [0.05, 0.1) is 0 Å². The molecule has 5 heteroatoms. The van der Waals surface area contributed by atoms with Gasteiger partial charge in [-0.05, 0) is 0 Å². The van der Waals surface area contributed by atoms with Crippen LogP contribution in [0.1, 0.15) is 0 Å². The molecule has 0 aromatic rings. The number of guanidine groups is 1. The molecule has 1 rings (SSSR count). The maximum Gasteiger partial charge on any atom is 0.267 e. The summed E-state index contributed by atoms with van der Waals surface area (Å²) in [5.41, 5.74) is 9.86. The number of nitrogens with two attached hydrogens (primary N) is 2. The monoisotopic (exact) mass is 114 g/mol. The average molecular weight is 114 g/mol. The standard InChI is InChI=1S/C3H6N4O/c4-3(5)7-1-2(8)6-1/h1H,(H,6,8)(H4,4,5,7). The summed E-state index contributed by atoms with van der Waals surface area (Å²) in [7, 11) is 0. The third-order valence-electron chi connectivity index (χ3n) is 0.722. The normalized spacial score (nSPS) is 24.0. The average Bonchev–Trinajstić information content (AvgIpc) is 2.17. The topological polar surface area (TPSA) is 103 Å². The molecule has 0 saturated carbocycles. The van der Waals surface area contributed by atoms with Crippen LogP contribution in [-0.4, -0.2) is 18.0 Å². The van der Waals surface area contributed by atoms with E-state index in [0.717, 1.165) is 0 Å². The molecule has 0 spiro atoms. The van der Waals surface area contributed by atoms with Crippen LogP contribution in [0.3, 0.4) is 0 Å². The molecule has 1 fully saturated rings. The van der Waals surface area contributed by atoms with E-state index in [2.05, 4.69) is 10.3 Å². The molecule has 5 nitrogen and oxygen atoms in total. The largest absolute Gasteiger partial charge is 0.370 e. The molecular weight excluding hydrogens is 108 g/mol. The van der Waals surface area contributed by atoms with Gasteiger partial charge >= 0.3 is 0 Å². The van der Waals surface area contributed by atoms with Crippen molar-refractivity contribution >= 4 is 11.9 Å². The number of hydrogen-bond acceptors (Lipinski definition) is 2. The molecule has 0 aromatic carbocycles. The van der Waals surface area contributed by atoms with Gasteiger partial charge in [-0.1, -0.05) is 0 Å². The second-order valence-corrected chi connectivity index (χ2v) is 1.47. The number of hydrogen-bond donors (Lipinski definition) is 3. The van der Waals surface area contributed by atoms with Crippen molar-refractivity contribution in [2.24, 2.45) is 16.5 Å². The molecule has 1 unspecified atom stereocenters. The second-order valence-electron chi connectivity index (χ2n) is 1.47. The van der Waals surface area contributed by atoms with Crippen LogP contribution in [-0.2, 0) is 4.79 Å². The zero-order valence-electron chi connectivity index (χ0n) is 4.09. The van der Waals surface area contributed by atoms with Gasteiger partial charge in [0, 0.05) is 0 Å². The molecule has 1 amide bonds. The van der Waals surface area contributed by atoms with Crippen LogP contribution in [0, 0.1) is 0 Å². The fourth-order valence-electron chi connectivity index (χ4n) is 0.333. The van der Waals surface area contributed by atoms with Crippen molar-refractivity contribution < 1.29 is 4.79 Å². The summed E-state index contributed by atoms with van der Waals surface area (Å²) in [5.74, 6) is -0.188. The molecule has 0 radical (unpaired) electrons. The number of carbonyl (C=O) groups excluding carboxylic acids is 1. The quantitative estimate of drug-likeness (QED) is 0.203. The molecule has 1 heterocycles. The van der Waals surface area contributed by atoms with E-state index in [1.807, 2.05) is 0 Å². The summed E-state index contributed by atoms with van der Waals surface area (Å²) in [5, 5.41) is 2.38. The van der Waals surface area contributed by atoms with Gasteiger partial charge in [-0.25, -0.2) is 4.99 Å². The van der Waals surface area contributed by atoms with Crippen molar-refractivity contribution in [2.75, 3.05) is 0 Å². The maximum absolute atomic E-state index is 10.1. The molecule has 44 valence electrons. The van der Waals surface area contributed by atoms with Gasteiger partial charge in [-0.15, -0.1) is 0 Å². The van der Waals surface area contributed by atoms with E-state index >= 15 is 0 Å². The number of aliphatic imine (C=N–C) groups is 1. The molecule has 5 N–H and O–H groups in total. The minimum absolute atomic E-state index is 0.0617. The summed E-state index contributed by atoms with van der Waals surface area (Å²) in [6.07, 6.45) is -0.458. The smallest absolute Gasteiger partial charge is 0.267 e. The molecule has 0 bridgehead atoms. The van der Waals surface area contributed by atoms with Crippen molar-refractivity contribution in [2.45, 2.75) is 6.17 Å². The fourth-order valence-corrected chi connectivity index (χ4v) is 0.333. The Kier molecular flexibility index (Phi) is 0.831. The molecule has 8 heavy (non-hydrogen) atoms. The van der Waals surface area contributed by atoms with E-state index in [0.29, 0.717) is 0 Å². The van der Waals surface area contributed by atoms with Gasteiger partial charge < -0.3 is 16.8 Å². The van der Waals surface area contributed by atoms with Gasteiger partial charge in [-0.3, -0.25) is 4.79 Å². The van der Waals surface area contributed by atoms with E-state index in [4.69, 9.17) is 11.5 Å². The molecule has 1 aliphatic rings. The summed E-state index contributed by atoms with van der Waals surface area (Å²) < 4.78 is 0. The van der Waals surface area contributed by atoms with Crippen LogP contribution < -0.4 is 16.8 Å². The van der Waals surface area contributed by atoms with Crippen LogP contribution in [0.15, 0.2) is 4.99 Å². The third kappa shape index (κ3) is 0.868. The van der Waals surface area contributed by atoms with Gasteiger partial charge in [-0.2, -0.15) is 0 Å². The lowest BCUT2D eigenvalue weighted by Crippen LogP contribution is -2.23. The first-order chi connectivity index (χ1) is 3.70. The second kappa shape index (κ2) is 1.36. The number of rotatable bonds is 1. The van der Waals surface area contributed by atoms with E-state index in [1.165, 1.54) is 0 Å². The first-order valence-corrected chi connectivity index (χ1v) is 2.09. The van der Waals surface area contributed by atoms with Crippen LogP contribution in [0.2, 0.25) is 0 Å². The van der Waals surface area contributed by atoms with Crippen molar-refractivity contribution in [1.82, 2.24) is 5.32 Å². The predicted molar refractivity (Wildman–Crippen MR) is 27.7 cm³/mol. The minimum Gasteiger partial charge on any atom is -0.370 e. The SMILES string of the molecule is NC(N)=NC1NC1=O. The number of carbonyl (C=O) groups is 1. The van der Waals surface area contributed by atoms with E-state index in [9.17, 15) is 4.79 Å². The minimum atomic E-state index is -0.458. The molecule has 1 aliphatic heterocycles.